The number of hydrogen-bond acceptors (Lipinski definition) is 1. The van der Waals surface area contributed by atoms with Crippen molar-refractivity contribution >= 4 is 11.6 Å². The first-order chi connectivity index (χ1) is 6.62. The van der Waals surface area contributed by atoms with Crippen molar-refractivity contribution in [3.05, 3.63) is 18.2 Å². The zero-order valence-electron chi connectivity index (χ0n) is 9.00. The topological polar surface area (TPSA) is 17.8 Å². The number of rotatable bonds is 3. The largest absolute Gasteiger partial charge is 0.335 e. The summed E-state index contributed by atoms with van der Waals surface area (Å²) in [5.74, 6) is 1.97. The maximum Gasteiger partial charge on any atom is 0.0948 e. The molecule has 0 amide bonds. The molecule has 0 N–H and O–H groups in total. The highest BCUT2D eigenvalue weighted by Gasteiger charge is 2.58. The lowest BCUT2D eigenvalue weighted by Crippen LogP contribution is -2.00. The van der Waals surface area contributed by atoms with E-state index < -0.39 is 0 Å². The van der Waals surface area contributed by atoms with Gasteiger partial charge in [-0.25, -0.2) is 4.98 Å². The third-order valence-electron chi connectivity index (χ3n) is 3.62. The average Bonchev–Trinajstić information content (AvgIpc) is 2.55. The van der Waals surface area contributed by atoms with Gasteiger partial charge in [0.1, 0.15) is 0 Å². The van der Waals surface area contributed by atoms with Crippen LogP contribution in [0.25, 0.3) is 0 Å². The monoisotopic (exact) mass is 212 g/mol. The molecule has 1 saturated carbocycles. The Morgan fingerprint density at radius 1 is 1.57 bits per heavy atom. The Morgan fingerprint density at radius 3 is 2.79 bits per heavy atom. The maximum absolute atomic E-state index is 5.96. The Labute approximate surface area is 90.3 Å². The van der Waals surface area contributed by atoms with E-state index in [1.807, 2.05) is 12.5 Å². The summed E-state index contributed by atoms with van der Waals surface area (Å²) in [6.45, 7) is 7.72. The molecule has 1 aromatic rings. The van der Waals surface area contributed by atoms with Crippen LogP contribution in [-0.4, -0.2) is 15.4 Å². The van der Waals surface area contributed by atoms with Crippen LogP contribution in [0, 0.1) is 11.3 Å². The summed E-state index contributed by atoms with van der Waals surface area (Å²) >= 11 is 5.96. The Bertz CT molecular complexity index is 330. The summed E-state index contributed by atoms with van der Waals surface area (Å²) in [6, 6.07) is 0. The molecule has 0 radical (unpaired) electrons. The highest BCUT2D eigenvalue weighted by atomic mass is 35.5. The molecule has 1 fully saturated rings. The fourth-order valence-corrected chi connectivity index (χ4v) is 3.05. The van der Waals surface area contributed by atoms with Gasteiger partial charge in [0, 0.05) is 30.2 Å². The molecule has 2 rings (SSSR count). The van der Waals surface area contributed by atoms with Gasteiger partial charge in [0.15, 0.2) is 0 Å². The van der Waals surface area contributed by atoms with Crippen LogP contribution in [0.1, 0.15) is 32.4 Å². The smallest absolute Gasteiger partial charge is 0.0948 e. The summed E-state index contributed by atoms with van der Waals surface area (Å²) in [4.78, 5) is 4.21. The predicted molar refractivity (Wildman–Crippen MR) is 58.6 cm³/mol. The Morgan fingerprint density at radius 2 is 2.29 bits per heavy atom. The number of aryl methyl sites for hydroxylation is 1. The van der Waals surface area contributed by atoms with Crippen LogP contribution in [0.15, 0.2) is 12.5 Å². The predicted octanol–water partition coefficient (Wildman–Crippen LogP) is 2.88. The normalized spacial score (nSPS) is 29.1. The fourth-order valence-electron chi connectivity index (χ4n) is 2.47. The second-order valence-corrected chi connectivity index (χ2v) is 4.97. The van der Waals surface area contributed by atoms with Crippen molar-refractivity contribution in [2.24, 2.45) is 11.3 Å². The van der Waals surface area contributed by atoms with Crippen LogP contribution in [0.5, 0.6) is 0 Å². The summed E-state index contributed by atoms with van der Waals surface area (Å²) in [7, 11) is 0. The fraction of sp³-hybridized carbons (Fsp3) is 0.727. The lowest BCUT2D eigenvalue weighted by atomic mass is 10.1. The summed E-state index contributed by atoms with van der Waals surface area (Å²) in [6.07, 6.45) is 3.90. The minimum atomic E-state index is 0.356. The Kier molecular flexibility index (Phi) is 2.34. The van der Waals surface area contributed by atoms with Crippen LogP contribution >= 0.6 is 11.6 Å². The first kappa shape index (κ1) is 10.0. The van der Waals surface area contributed by atoms with Crippen molar-refractivity contribution in [2.45, 2.75) is 33.2 Å². The van der Waals surface area contributed by atoms with Crippen LogP contribution in [0.4, 0.5) is 0 Å². The number of halogens is 1. The van der Waals surface area contributed by atoms with Gasteiger partial charge in [-0.05, 0) is 18.3 Å². The lowest BCUT2D eigenvalue weighted by molar-refractivity contribution is 0.567. The highest BCUT2D eigenvalue weighted by Crippen LogP contribution is 2.64. The standard InChI is InChI=1S/C11H17ClN2/c1-4-14-7-13-6-9(14)10-8(5-12)11(10,2)3/h6-8,10H,4-5H2,1-3H3. The molecule has 0 bridgehead atoms. The van der Waals surface area contributed by atoms with Crippen LogP contribution in [0.2, 0.25) is 0 Å². The van der Waals surface area contributed by atoms with Crippen molar-refractivity contribution in [3.63, 3.8) is 0 Å². The second kappa shape index (κ2) is 3.27. The molecule has 3 heteroatoms. The number of alkyl halides is 1. The van der Waals surface area contributed by atoms with Gasteiger partial charge in [0.25, 0.3) is 0 Å². The van der Waals surface area contributed by atoms with E-state index in [1.54, 1.807) is 0 Å². The zero-order chi connectivity index (χ0) is 10.3. The first-order valence-electron chi connectivity index (χ1n) is 5.19. The molecule has 0 saturated heterocycles. The van der Waals surface area contributed by atoms with Gasteiger partial charge < -0.3 is 4.57 Å². The van der Waals surface area contributed by atoms with E-state index >= 15 is 0 Å². The Balaban J connectivity index is 2.26. The van der Waals surface area contributed by atoms with Crippen molar-refractivity contribution in [2.75, 3.05) is 5.88 Å². The molecule has 1 heterocycles. The van der Waals surface area contributed by atoms with Crippen molar-refractivity contribution < 1.29 is 0 Å². The van der Waals surface area contributed by atoms with E-state index in [-0.39, 0.29) is 0 Å². The molecule has 14 heavy (non-hydrogen) atoms. The van der Waals surface area contributed by atoms with Gasteiger partial charge in [-0.1, -0.05) is 13.8 Å². The van der Waals surface area contributed by atoms with E-state index in [4.69, 9.17) is 11.6 Å². The number of imidazole rings is 1. The second-order valence-electron chi connectivity index (χ2n) is 4.66. The number of hydrogen-bond donors (Lipinski definition) is 0. The quantitative estimate of drug-likeness (QED) is 0.705. The third-order valence-corrected chi connectivity index (χ3v) is 3.95. The molecule has 2 unspecified atom stereocenters. The average molecular weight is 213 g/mol. The summed E-state index contributed by atoms with van der Waals surface area (Å²) in [5, 5.41) is 0. The van der Waals surface area contributed by atoms with E-state index in [0.717, 1.165) is 12.4 Å². The number of aromatic nitrogens is 2. The van der Waals surface area contributed by atoms with Crippen LogP contribution < -0.4 is 0 Å². The number of nitrogens with zero attached hydrogens (tertiary/aromatic N) is 2. The van der Waals surface area contributed by atoms with Gasteiger partial charge in [-0.3, -0.25) is 0 Å². The van der Waals surface area contributed by atoms with Crippen molar-refractivity contribution in [1.82, 2.24) is 9.55 Å². The van der Waals surface area contributed by atoms with Gasteiger partial charge in [0.05, 0.1) is 6.33 Å². The Hall–Kier alpha value is -0.500. The molecule has 0 spiro atoms. The minimum absolute atomic E-state index is 0.356. The van der Waals surface area contributed by atoms with E-state index in [0.29, 0.717) is 17.3 Å². The molecule has 0 aliphatic heterocycles. The van der Waals surface area contributed by atoms with Crippen molar-refractivity contribution in [1.29, 1.82) is 0 Å². The highest BCUT2D eigenvalue weighted by molar-refractivity contribution is 6.18. The molecule has 0 aromatic carbocycles. The molecule has 1 aliphatic rings. The maximum atomic E-state index is 5.96. The summed E-state index contributed by atoms with van der Waals surface area (Å²) in [5.41, 5.74) is 1.71. The zero-order valence-corrected chi connectivity index (χ0v) is 9.75. The third kappa shape index (κ3) is 1.28. The molecular formula is C11H17ClN2. The van der Waals surface area contributed by atoms with Gasteiger partial charge in [0.2, 0.25) is 0 Å². The molecule has 2 atom stereocenters. The minimum Gasteiger partial charge on any atom is -0.335 e. The molecule has 1 aliphatic carbocycles. The SMILES string of the molecule is CCn1cncc1C1C(CCl)C1(C)C. The lowest BCUT2D eigenvalue weighted by Gasteiger charge is -2.05. The van der Waals surface area contributed by atoms with Crippen LogP contribution in [0.3, 0.4) is 0 Å². The first-order valence-corrected chi connectivity index (χ1v) is 5.72. The van der Waals surface area contributed by atoms with Crippen molar-refractivity contribution in [3.8, 4) is 0 Å². The molecule has 2 nitrogen and oxygen atoms in total. The molecular weight excluding hydrogens is 196 g/mol. The molecule has 1 aromatic heterocycles. The van der Waals surface area contributed by atoms with Gasteiger partial charge in [-0.2, -0.15) is 0 Å². The summed E-state index contributed by atoms with van der Waals surface area (Å²) < 4.78 is 2.22. The molecule has 78 valence electrons. The van der Waals surface area contributed by atoms with E-state index in [9.17, 15) is 0 Å². The van der Waals surface area contributed by atoms with Gasteiger partial charge in [-0.15, -0.1) is 11.6 Å². The van der Waals surface area contributed by atoms with Crippen LogP contribution in [-0.2, 0) is 6.54 Å². The van der Waals surface area contributed by atoms with E-state index in [2.05, 4.69) is 30.3 Å². The van der Waals surface area contributed by atoms with Gasteiger partial charge >= 0.3 is 0 Å². The van der Waals surface area contributed by atoms with E-state index in [1.165, 1.54) is 5.69 Å².